The van der Waals surface area contributed by atoms with E-state index in [1.165, 1.54) is 0 Å². The van der Waals surface area contributed by atoms with E-state index in [0.29, 0.717) is 6.20 Å². The maximum atomic E-state index is 15.5. The molecule has 21 heteroatoms. The minimum atomic E-state index is -6.35. The number of phosphoric acid groups is 3. The summed E-state index contributed by atoms with van der Waals surface area (Å²) in [6, 6.07) is 0. The molecule has 180 valence electrons. The average molecular weight is 545 g/mol. The lowest BCUT2D eigenvalue weighted by molar-refractivity contribution is -0.204. The van der Waals surface area contributed by atoms with Gasteiger partial charge >= 0.3 is 29.2 Å². The van der Waals surface area contributed by atoms with Gasteiger partial charge in [-0.15, -0.1) is 6.42 Å². The minimum absolute atomic E-state index is 0.0636. The number of ether oxygens (including phenoxy) is 1. The zero-order valence-corrected chi connectivity index (χ0v) is 18.3. The maximum absolute atomic E-state index is 15.5. The lowest BCUT2D eigenvalue weighted by atomic mass is 10.1. The van der Waals surface area contributed by atoms with Gasteiger partial charge in [0, 0.05) is 6.20 Å². The summed E-state index contributed by atoms with van der Waals surface area (Å²) in [6.07, 6.45) is -3.66. The highest BCUT2D eigenvalue weighted by Crippen LogP contribution is 2.66. The van der Waals surface area contributed by atoms with Gasteiger partial charge in [-0.05, 0) is 0 Å². The Kier molecular flexibility index (Phi) is 6.56. The lowest BCUT2D eigenvalue weighted by Crippen LogP contribution is -2.43. The molecule has 0 aliphatic carbocycles. The zero-order chi connectivity index (χ0) is 27.4. The van der Waals surface area contributed by atoms with Crippen LogP contribution in [0.15, 0.2) is 11.0 Å². The first-order valence-corrected chi connectivity index (χ1v) is 12.4. The Balaban J connectivity index is 2.47. The number of hydrogen-bond donors (Lipinski definition) is 7. The van der Waals surface area contributed by atoms with E-state index >= 15 is 4.39 Å². The highest BCUT2D eigenvalue weighted by Gasteiger charge is 2.57. The monoisotopic (exact) mass is 545 g/mol. The van der Waals surface area contributed by atoms with E-state index < -0.39 is 60.0 Å². The molecule has 2 heterocycles. The molecule has 0 bridgehead atoms. The molecule has 1 aliphatic heterocycles. The Morgan fingerprint density at radius 2 is 1.94 bits per heavy atom. The molecular weight excluding hydrogens is 528 g/mol. The van der Waals surface area contributed by atoms with Crippen molar-refractivity contribution in [1.29, 1.82) is 0 Å². The summed E-state index contributed by atoms with van der Waals surface area (Å²) in [5, 5.41) is 20.3. The molecule has 1 aromatic heterocycles. The fourth-order valence-corrected chi connectivity index (χ4v) is 5.12. The fraction of sp³-hybridized carbons (Fsp3) is 0.455. The van der Waals surface area contributed by atoms with Crippen molar-refractivity contribution in [3.05, 3.63) is 26.9 Å². The lowest BCUT2D eigenvalue weighted by Gasteiger charge is -2.24. The predicted octanol–water partition coefficient (Wildman–Crippen LogP) is -0.853. The van der Waals surface area contributed by atoms with Crippen LogP contribution in [-0.2, 0) is 31.6 Å². The van der Waals surface area contributed by atoms with Gasteiger partial charge in [-0.25, -0.2) is 22.9 Å². The number of aromatic amines is 1. The minimum Gasteiger partial charge on any atom is -0.385 e. The van der Waals surface area contributed by atoms with E-state index in [0.717, 1.165) is 0 Å². The molecule has 1 aromatic rings. The summed E-state index contributed by atoms with van der Waals surface area (Å²) in [4.78, 5) is 49.7. The van der Waals surface area contributed by atoms with Crippen LogP contribution >= 0.6 is 35.7 Å². The number of terminal acetylenes is 1. The van der Waals surface area contributed by atoms with Crippen LogP contribution in [0.25, 0.3) is 0 Å². The molecule has 1 fully saturated rings. The topological polar surface area (TPSA) is 247 Å². The van der Waals surface area contributed by atoms with Crippen molar-refractivity contribution in [2.24, 2.45) is 0 Å². The molecule has 1 aliphatic rings. The van der Waals surface area contributed by atoms with E-state index in [1.54, 1.807) is 0 Å². The summed E-state index contributed by atoms with van der Waals surface area (Å²) in [5.74, 6) is -2.52. The van der Waals surface area contributed by atoms with Crippen molar-refractivity contribution in [3.8, 4) is 12.3 Å². The number of aliphatic hydroxyl groups excluding tert-OH is 2. The second-order valence-corrected chi connectivity index (χ2v) is 10.3. The third-order valence-corrected chi connectivity index (χ3v) is 7.21. The molecule has 32 heavy (non-hydrogen) atoms. The zero-order valence-electron chi connectivity index (χ0n) is 17.8. The molecular formula is C11H14FN2O14P3S. The van der Waals surface area contributed by atoms with E-state index in [2.05, 4.69) is 17.9 Å². The van der Waals surface area contributed by atoms with Crippen LogP contribution in [0.2, 0.25) is 0 Å². The van der Waals surface area contributed by atoms with Crippen molar-refractivity contribution in [2.75, 3.05) is 6.56 Å². The van der Waals surface area contributed by atoms with Gasteiger partial charge < -0.3 is 34.5 Å². The number of rotatable bonds is 8. The summed E-state index contributed by atoms with van der Waals surface area (Å²) < 4.78 is 87.4. The Morgan fingerprint density at radius 1 is 1.34 bits per heavy atom. The molecule has 0 amide bonds. The number of aliphatic hydroxyl groups is 2. The first-order valence-electron chi connectivity index (χ1n) is 8.93. The van der Waals surface area contributed by atoms with E-state index in [9.17, 15) is 33.6 Å². The van der Waals surface area contributed by atoms with Gasteiger partial charge in [-0.3, -0.25) is 14.1 Å². The number of nitrogens with zero attached hydrogens (tertiary/aromatic N) is 1. The normalized spacial score (nSPS) is 33.9. The maximum Gasteiger partial charge on any atom is 0.490 e. The summed E-state index contributed by atoms with van der Waals surface area (Å²) in [7, 11) is -18.3. The Morgan fingerprint density at radius 3 is 2.47 bits per heavy atom. The Hall–Kier alpha value is -1.12. The SMILES string of the molecule is [2H]C([2H])(OP(=O)(O)OP(=O)(O)OP(=O)(O)O)[C@@]1(F)O[C@@]([2H])(n2cc(C#C)c(=S)[nH]c2=O)[C@H](O)[C@@H]1O. The van der Waals surface area contributed by atoms with E-state index in [4.69, 9.17) is 37.4 Å². The Bertz CT molecular complexity index is 1330. The van der Waals surface area contributed by atoms with E-state index in [-0.39, 0.29) is 14.8 Å². The summed E-state index contributed by atoms with van der Waals surface area (Å²) >= 11 is 4.75. The predicted molar refractivity (Wildman–Crippen MR) is 99.6 cm³/mol. The van der Waals surface area contributed by atoms with Gasteiger partial charge in [0.05, 0.1) is 9.68 Å². The second kappa shape index (κ2) is 9.26. The molecule has 0 radical (unpaired) electrons. The van der Waals surface area contributed by atoms with Gasteiger partial charge in [0.2, 0.25) is 0 Å². The summed E-state index contributed by atoms with van der Waals surface area (Å²) in [6.45, 7) is -4.46. The number of halogens is 1. The molecule has 0 spiro atoms. The van der Waals surface area contributed by atoms with Crippen LogP contribution in [0.1, 0.15) is 15.9 Å². The number of nitrogens with one attached hydrogen (secondary N) is 1. The van der Waals surface area contributed by atoms with Crippen molar-refractivity contribution >= 4 is 35.7 Å². The van der Waals surface area contributed by atoms with Gasteiger partial charge in [-0.1, -0.05) is 18.1 Å². The molecule has 2 rings (SSSR count). The van der Waals surface area contributed by atoms with Crippen LogP contribution in [0.4, 0.5) is 4.39 Å². The second-order valence-electron chi connectivity index (χ2n) is 5.58. The highest BCUT2D eigenvalue weighted by atomic mass is 32.1. The largest absolute Gasteiger partial charge is 0.490 e. The molecule has 6 atom stereocenters. The molecule has 2 unspecified atom stereocenters. The van der Waals surface area contributed by atoms with Crippen LogP contribution in [-0.4, -0.2) is 64.0 Å². The number of hydrogen-bond acceptors (Lipinski definition) is 11. The van der Waals surface area contributed by atoms with Crippen molar-refractivity contribution in [3.63, 3.8) is 0 Å². The highest BCUT2D eigenvalue weighted by molar-refractivity contribution is 7.71. The molecule has 0 aromatic carbocycles. The fourth-order valence-electron chi connectivity index (χ4n) is 2.04. The standard InChI is InChI=1S/C11H14FN2O14P3S/c1-2-5-3-14(10(17)13-8(5)32)9-6(15)7(16)11(12,26-9)4-25-30(21,22)28-31(23,24)27-29(18,19)20/h1,3,6-7,9,15-16H,4H2,(H,21,22)(H,23,24)(H,13,17,32)(H2,18,19,20)/t6-,7+,9-,11-/m1/s1/i4D2,9D. The van der Waals surface area contributed by atoms with Gasteiger partial charge in [0.1, 0.15) is 23.4 Å². The van der Waals surface area contributed by atoms with E-state index in [1.807, 2.05) is 10.9 Å². The average Bonchev–Trinajstić information content (AvgIpc) is 2.79. The number of H-pyrrole nitrogens is 1. The van der Waals surface area contributed by atoms with Crippen molar-refractivity contribution in [2.45, 2.75) is 24.3 Å². The Labute approximate surface area is 185 Å². The van der Waals surface area contributed by atoms with Crippen LogP contribution in [0, 0.1) is 17.0 Å². The van der Waals surface area contributed by atoms with Crippen molar-refractivity contribution < 1.29 is 69.9 Å². The third-order valence-electron chi connectivity index (χ3n) is 3.24. The third kappa shape index (κ3) is 6.48. The van der Waals surface area contributed by atoms with Gasteiger partial charge in [0.25, 0.3) is 5.85 Å². The molecule has 1 saturated heterocycles. The van der Waals surface area contributed by atoms with Crippen LogP contribution in [0.3, 0.4) is 0 Å². The van der Waals surface area contributed by atoms with Crippen LogP contribution in [0.5, 0.6) is 0 Å². The van der Waals surface area contributed by atoms with Crippen LogP contribution < -0.4 is 5.69 Å². The van der Waals surface area contributed by atoms with Gasteiger partial charge in [0.15, 0.2) is 6.20 Å². The summed E-state index contributed by atoms with van der Waals surface area (Å²) in [5.41, 5.74) is -1.67. The molecule has 7 N–H and O–H groups in total. The molecule has 0 saturated carbocycles. The first kappa shape index (κ1) is 22.7. The first-order chi connectivity index (χ1) is 15.5. The number of aromatic nitrogens is 2. The van der Waals surface area contributed by atoms with Gasteiger partial charge in [-0.2, -0.15) is 8.62 Å². The quantitative estimate of drug-likeness (QED) is 0.119. The number of phosphoric ester groups is 1. The number of alkyl halides is 1. The molecule has 16 nitrogen and oxygen atoms in total. The smallest absolute Gasteiger partial charge is 0.385 e. The van der Waals surface area contributed by atoms with Crippen molar-refractivity contribution in [1.82, 2.24) is 9.55 Å².